The van der Waals surface area contributed by atoms with Crippen LogP contribution in [0, 0.1) is 0 Å². The zero-order chi connectivity index (χ0) is 11.5. The molecule has 0 aliphatic rings. The molecule has 0 spiro atoms. The molecule has 0 bridgehead atoms. The van der Waals surface area contributed by atoms with Gasteiger partial charge in [0.05, 0.1) is 0 Å². The van der Waals surface area contributed by atoms with E-state index in [0.29, 0.717) is 0 Å². The molecule has 0 amide bonds. The normalized spacial score (nSPS) is 10.6. The predicted octanol–water partition coefficient (Wildman–Crippen LogP) is 3.30. The van der Waals surface area contributed by atoms with Crippen molar-refractivity contribution in [2.45, 2.75) is 6.54 Å². The summed E-state index contributed by atoms with van der Waals surface area (Å²) in [6.45, 7) is 0.752. The quantitative estimate of drug-likeness (QED) is 0.764. The van der Waals surface area contributed by atoms with E-state index in [9.17, 15) is 0 Å². The average Bonchev–Trinajstić information content (AvgIpc) is 2.89. The second-order valence-corrected chi connectivity index (χ2v) is 4.61. The van der Waals surface area contributed by atoms with Crippen molar-refractivity contribution < 1.29 is 0 Å². The first-order valence-corrected chi connectivity index (χ1v) is 6.26. The first-order valence-electron chi connectivity index (χ1n) is 5.38. The topological polar surface area (TPSA) is 37.8 Å². The standard InChI is InChI=1S/C13H11N3S/c1-2-4-12-10(3-1)7-14-8-11(12)9-16-13-15-5-6-17-13/h1-8H,9H2,(H,15,16). The van der Waals surface area contributed by atoms with E-state index in [1.807, 2.05) is 23.8 Å². The molecule has 0 aliphatic heterocycles. The Morgan fingerprint density at radius 1 is 1.18 bits per heavy atom. The fraction of sp³-hybridized carbons (Fsp3) is 0.0769. The van der Waals surface area contributed by atoms with Crippen LogP contribution in [0.2, 0.25) is 0 Å². The van der Waals surface area contributed by atoms with Gasteiger partial charge in [-0.15, -0.1) is 11.3 Å². The number of benzene rings is 1. The second-order valence-electron chi connectivity index (χ2n) is 3.71. The third-order valence-corrected chi connectivity index (χ3v) is 3.34. The Kier molecular flexibility index (Phi) is 2.71. The van der Waals surface area contributed by atoms with E-state index < -0.39 is 0 Å². The third-order valence-electron chi connectivity index (χ3n) is 2.61. The Morgan fingerprint density at radius 2 is 2.12 bits per heavy atom. The van der Waals surface area contributed by atoms with Gasteiger partial charge in [-0.2, -0.15) is 0 Å². The highest BCUT2D eigenvalue weighted by Gasteiger charge is 2.01. The number of fused-ring (bicyclic) bond motifs is 1. The molecule has 0 atom stereocenters. The number of pyridine rings is 1. The molecule has 0 radical (unpaired) electrons. The van der Waals surface area contributed by atoms with Gasteiger partial charge >= 0.3 is 0 Å². The summed E-state index contributed by atoms with van der Waals surface area (Å²) < 4.78 is 0. The van der Waals surface area contributed by atoms with E-state index >= 15 is 0 Å². The number of hydrogen-bond donors (Lipinski definition) is 1. The van der Waals surface area contributed by atoms with Crippen molar-refractivity contribution in [3.63, 3.8) is 0 Å². The number of rotatable bonds is 3. The van der Waals surface area contributed by atoms with Crippen LogP contribution in [0.25, 0.3) is 10.8 Å². The lowest BCUT2D eigenvalue weighted by Gasteiger charge is -2.06. The van der Waals surface area contributed by atoms with Crippen LogP contribution in [0.3, 0.4) is 0 Å². The fourth-order valence-corrected chi connectivity index (χ4v) is 2.33. The van der Waals surface area contributed by atoms with Gasteiger partial charge in [-0.1, -0.05) is 24.3 Å². The van der Waals surface area contributed by atoms with Crippen LogP contribution < -0.4 is 5.32 Å². The van der Waals surface area contributed by atoms with Gasteiger partial charge in [0.25, 0.3) is 0 Å². The van der Waals surface area contributed by atoms with Crippen LogP contribution in [-0.2, 0) is 6.54 Å². The van der Waals surface area contributed by atoms with E-state index in [1.165, 1.54) is 16.3 Å². The zero-order valence-corrected chi connectivity index (χ0v) is 9.95. The molecular formula is C13H11N3S. The maximum Gasteiger partial charge on any atom is 0.182 e. The first-order chi connectivity index (χ1) is 8.43. The van der Waals surface area contributed by atoms with E-state index in [4.69, 9.17) is 0 Å². The van der Waals surface area contributed by atoms with Crippen LogP contribution >= 0.6 is 11.3 Å². The van der Waals surface area contributed by atoms with Crippen molar-refractivity contribution in [3.8, 4) is 0 Å². The minimum absolute atomic E-state index is 0.752. The summed E-state index contributed by atoms with van der Waals surface area (Å²) in [5.41, 5.74) is 1.19. The second kappa shape index (κ2) is 4.51. The number of anilines is 1. The van der Waals surface area contributed by atoms with E-state index in [2.05, 4.69) is 33.5 Å². The maximum atomic E-state index is 4.26. The summed E-state index contributed by atoms with van der Waals surface area (Å²) in [5.74, 6) is 0. The minimum atomic E-state index is 0.752. The molecule has 84 valence electrons. The molecule has 0 saturated carbocycles. The van der Waals surface area contributed by atoms with Gasteiger partial charge in [0.15, 0.2) is 5.13 Å². The molecule has 1 N–H and O–H groups in total. The van der Waals surface area contributed by atoms with Gasteiger partial charge in [0.2, 0.25) is 0 Å². The molecule has 0 aliphatic carbocycles. The first kappa shape index (κ1) is 10.2. The number of hydrogen-bond acceptors (Lipinski definition) is 4. The minimum Gasteiger partial charge on any atom is -0.357 e. The van der Waals surface area contributed by atoms with Gasteiger partial charge < -0.3 is 5.32 Å². The summed E-state index contributed by atoms with van der Waals surface area (Å²) in [4.78, 5) is 8.45. The average molecular weight is 241 g/mol. The molecule has 2 aromatic heterocycles. The Morgan fingerprint density at radius 3 is 3.00 bits per heavy atom. The lowest BCUT2D eigenvalue weighted by Crippen LogP contribution is -2.00. The van der Waals surface area contributed by atoms with Crippen molar-refractivity contribution in [2.75, 3.05) is 5.32 Å². The summed E-state index contributed by atoms with van der Waals surface area (Å²) in [6, 6.07) is 8.28. The van der Waals surface area contributed by atoms with Crippen LogP contribution in [0.15, 0.2) is 48.2 Å². The molecule has 2 heterocycles. The van der Waals surface area contributed by atoms with E-state index in [1.54, 1.807) is 17.5 Å². The van der Waals surface area contributed by atoms with Crippen LogP contribution in [0.5, 0.6) is 0 Å². The summed E-state index contributed by atoms with van der Waals surface area (Å²) in [5, 5.41) is 8.62. The fourth-order valence-electron chi connectivity index (χ4n) is 1.80. The highest BCUT2D eigenvalue weighted by atomic mass is 32.1. The van der Waals surface area contributed by atoms with Crippen LogP contribution in [0.1, 0.15) is 5.56 Å². The highest BCUT2D eigenvalue weighted by molar-refractivity contribution is 7.13. The lowest BCUT2D eigenvalue weighted by atomic mass is 10.1. The lowest BCUT2D eigenvalue weighted by molar-refractivity contribution is 1.12. The van der Waals surface area contributed by atoms with Crippen LogP contribution in [-0.4, -0.2) is 9.97 Å². The number of aromatic nitrogens is 2. The molecule has 1 aromatic carbocycles. The largest absolute Gasteiger partial charge is 0.357 e. The zero-order valence-electron chi connectivity index (χ0n) is 9.13. The molecule has 3 rings (SSSR count). The van der Waals surface area contributed by atoms with Gasteiger partial charge in [0.1, 0.15) is 0 Å². The van der Waals surface area contributed by atoms with Gasteiger partial charge in [-0.05, 0) is 10.9 Å². The van der Waals surface area contributed by atoms with Crippen LogP contribution in [0.4, 0.5) is 5.13 Å². The Balaban J connectivity index is 1.90. The molecular weight excluding hydrogens is 230 g/mol. The van der Waals surface area contributed by atoms with Crippen molar-refractivity contribution >= 4 is 27.2 Å². The number of nitrogens with one attached hydrogen (secondary N) is 1. The number of thiazole rings is 1. The molecule has 0 saturated heterocycles. The predicted molar refractivity (Wildman–Crippen MR) is 71.2 cm³/mol. The SMILES string of the molecule is c1ccc2c(CNc3nccs3)cncc2c1. The van der Waals surface area contributed by atoms with Gasteiger partial charge in [-0.25, -0.2) is 4.98 Å². The Labute approximate surface area is 103 Å². The highest BCUT2D eigenvalue weighted by Crippen LogP contribution is 2.19. The van der Waals surface area contributed by atoms with Gasteiger partial charge in [0, 0.05) is 35.9 Å². The van der Waals surface area contributed by atoms with Crippen molar-refractivity contribution in [2.24, 2.45) is 0 Å². The van der Waals surface area contributed by atoms with E-state index in [0.717, 1.165) is 11.7 Å². The summed E-state index contributed by atoms with van der Waals surface area (Å²) in [6.07, 6.45) is 5.60. The van der Waals surface area contributed by atoms with Crippen molar-refractivity contribution in [1.29, 1.82) is 0 Å². The van der Waals surface area contributed by atoms with Crippen molar-refractivity contribution in [3.05, 3.63) is 53.8 Å². The molecule has 17 heavy (non-hydrogen) atoms. The van der Waals surface area contributed by atoms with Crippen molar-refractivity contribution in [1.82, 2.24) is 9.97 Å². The molecule has 3 nitrogen and oxygen atoms in total. The number of nitrogens with zero attached hydrogens (tertiary/aromatic N) is 2. The summed E-state index contributed by atoms with van der Waals surface area (Å²) >= 11 is 1.60. The third kappa shape index (κ3) is 2.12. The Hall–Kier alpha value is -1.94. The summed E-state index contributed by atoms with van der Waals surface area (Å²) in [7, 11) is 0. The molecule has 0 unspecified atom stereocenters. The maximum absolute atomic E-state index is 4.26. The van der Waals surface area contributed by atoms with Gasteiger partial charge in [-0.3, -0.25) is 4.98 Å². The monoisotopic (exact) mass is 241 g/mol. The molecule has 0 fully saturated rings. The molecule has 4 heteroatoms. The molecule has 3 aromatic rings. The van der Waals surface area contributed by atoms with E-state index in [-0.39, 0.29) is 0 Å². The Bertz CT molecular complexity index is 614. The smallest absolute Gasteiger partial charge is 0.182 e.